The van der Waals surface area contributed by atoms with E-state index in [0.717, 1.165) is 5.92 Å². The molecular weight excluding hydrogens is 889 g/mol. The Morgan fingerprint density at radius 1 is 0.149 bits per heavy atom. The van der Waals surface area contributed by atoms with Crippen molar-refractivity contribution in [3.63, 3.8) is 0 Å². The lowest BCUT2D eigenvalue weighted by atomic mass is 9.62. The Hall–Kier alpha value is 0. The third kappa shape index (κ3) is 55.3. The van der Waals surface area contributed by atoms with E-state index in [1.54, 1.807) is 32.1 Å². The fourth-order valence-electron chi connectivity index (χ4n) is 13.5. The third-order valence-corrected chi connectivity index (χ3v) is 18.8. The van der Waals surface area contributed by atoms with Gasteiger partial charge in [-0.1, -0.05) is 433 Å². The van der Waals surface area contributed by atoms with Crippen molar-refractivity contribution < 1.29 is 0 Å². The predicted molar refractivity (Wildman–Crippen MR) is 344 cm³/mol. The van der Waals surface area contributed by atoms with E-state index in [2.05, 4.69) is 34.6 Å². The molecule has 0 nitrogen and oxygen atoms in total. The molecule has 0 aromatic heterocycles. The van der Waals surface area contributed by atoms with Crippen LogP contribution in [0.15, 0.2) is 0 Å². The minimum atomic E-state index is 0.617. The molecule has 0 radical (unpaired) electrons. The van der Waals surface area contributed by atoms with Crippen LogP contribution in [0.5, 0.6) is 0 Å². The lowest BCUT2D eigenvalue weighted by Crippen LogP contribution is -2.32. The molecule has 0 saturated heterocycles. The van der Waals surface area contributed by atoms with E-state index in [9.17, 15) is 0 Å². The van der Waals surface area contributed by atoms with Crippen LogP contribution >= 0.6 is 0 Å². The van der Waals surface area contributed by atoms with Crippen molar-refractivity contribution in [1.82, 2.24) is 0 Å². The molecule has 0 amide bonds. The molecule has 0 aliphatic carbocycles. The van der Waals surface area contributed by atoms with Crippen LogP contribution in [0, 0.1) is 11.3 Å². The third-order valence-electron chi connectivity index (χ3n) is 18.8. The van der Waals surface area contributed by atoms with Crippen LogP contribution in [-0.4, -0.2) is 0 Å². The summed E-state index contributed by atoms with van der Waals surface area (Å²) in [6.07, 6.45) is 99.7. The van der Waals surface area contributed by atoms with Gasteiger partial charge in [-0.05, 0) is 43.4 Å². The number of hydrogen-bond acceptors (Lipinski definition) is 0. The van der Waals surface area contributed by atoms with Crippen molar-refractivity contribution >= 4 is 0 Å². The first kappa shape index (κ1) is 74.0. The van der Waals surface area contributed by atoms with E-state index in [1.807, 2.05) is 0 Å². The maximum Gasteiger partial charge on any atom is -0.0269 e. The molecule has 0 heterocycles. The summed E-state index contributed by atoms with van der Waals surface area (Å²) in [6.45, 7) is 11.8. The van der Waals surface area contributed by atoms with E-state index in [4.69, 9.17) is 0 Å². The van der Waals surface area contributed by atoms with E-state index in [1.165, 1.54) is 398 Å². The van der Waals surface area contributed by atoms with Crippen molar-refractivity contribution in [2.75, 3.05) is 0 Å². The summed E-state index contributed by atoms with van der Waals surface area (Å²) in [5.74, 6) is 0.983. The average molecular weight is 1040 g/mol. The van der Waals surface area contributed by atoms with Crippen molar-refractivity contribution in [3.8, 4) is 0 Å². The highest BCUT2D eigenvalue weighted by atomic mass is 14.4. The SMILES string of the molecule is CCCCCCCCCCCCCCCCCCC(CCCCCCCCCCCCCCCC)C(CCCCCCCCCC)(CCCCCCCCCCCC)CCCCCCCCCCCCCCCC. The van der Waals surface area contributed by atoms with Crippen LogP contribution in [0.4, 0.5) is 0 Å². The summed E-state index contributed by atoms with van der Waals surface area (Å²) in [7, 11) is 0. The average Bonchev–Trinajstić information content (AvgIpc) is 3.41. The van der Waals surface area contributed by atoms with Gasteiger partial charge in [0, 0.05) is 0 Å². The van der Waals surface area contributed by atoms with Gasteiger partial charge in [0.2, 0.25) is 0 Å². The molecule has 2 unspecified atom stereocenters. The molecule has 446 valence electrons. The lowest BCUT2D eigenvalue weighted by Gasteiger charge is -2.43. The second-order valence-electron chi connectivity index (χ2n) is 26.0. The normalized spacial score (nSPS) is 13.1. The van der Waals surface area contributed by atoms with Crippen molar-refractivity contribution in [2.45, 2.75) is 465 Å². The van der Waals surface area contributed by atoms with Crippen LogP contribution in [0.1, 0.15) is 465 Å². The topological polar surface area (TPSA) is 0 Å². The molecular formula is C74H150. The van der Waals surface area contributed by atoms with E-state index < -0.39 is 0 Å². The fourth-order valence-corrected chi connectivity index (χ4v) is 13.5. The molecule has 0 aromatic rings. The van der Waals surface area contributed by atoms with Gasteiger partial charge >= 0.3 is 0 Å². The van der Waals surface area contributed by atoms with Gasteiger partial charge < -0.3 is 0 Å². The molecule has 0 spiro atoms. The Kier molecular flexibility index (Phi) is 65.5. The second-order valence-corrected chi connectivity index (χ2v) is 26.0. The Balaban J connectivity index is 5.70. The first-order chi connectivity index (χ1) is 36.7. The van der Waals surface area contributed by atoms with Gasteiger partial charge in [-0.25, -0.2) is 0 Å². The highest BCUT2D eigenvalue weighted by molar-refractivity contribution is 4.87. The van der Waals surface area contributed by atoms with E-state index in [0.29, 0.717) is 5.41 Å². The number of unbranched alkanes of at least 4 members (excludes halogenated alkanes) is 57. The first-order valence-corrected chi connectivity index (χ1v) is 36.7. The quantitative estimate of drug-likeness (QED) is 0.0533. The molecule has 0 fully saturated rings. The van der Waals surface area contributed by atoms with Gasteiger partial charge in [0.1, 0.15) is 0 Å². The molecule has 0 aliphatic rings. The minimum absolute atomic E-state index is 0.617. The Labute approximate surface area is 473 Å². The maximum atomic E-state index is 2.38. The van der Waals surface area contributed by atoms with Gasteiger partial charge in [-0.2, -0.15) is 0 Å². The largest absolute Gasteiger partial charge is 0.0654 e. The smallest absolute Gasteiger partial charge is 0.0269 e. The number of rotatable bonds is 68. The zero-order valence-corrected chi connectivity index (χ0v) is 53.5. The molecule has 2 atom stereocenters. The van der Waals surface area contributed by atoms with Crippen LogP contribution in [0.3, 0.4) is 0 Å². The van der Waals surface area contributed by atoms with Crippen molar-refractivity contribution in [1.29, 1.82) is 0 Å². The van der Waals surface area contributed by atoms with E-state index >= 15 is 0 Å². The highest BCUT2D eigenvalue weighted by Crippen LogP contribution is 2.48. The van der Waals surface area contributed by atoms with Crippen LogP contribution in [0.25, 0.3) is 0 Å². The monoisotopic (exact) mass is 1040 g/mol. The first-order valence-electron chi connectivity index (χ1n) is 36.7. The Morgan fingerprint density at radius 3 is 0.419 bits per heavy atom. The summed E-state index contributed by atoms with van der Waals surface area (Å²) in [6, 6.07) is 0. The van der Waals surface area contributed by atoms with Gasteiger partial charge in [-0.3, -0.25) is 0 Å². The highest BCUT2D eigenvalue weighted by Gasteiger charge is 2.36. The van der Waals surface area contributed by atoms with Crippen molar-refractivity contribution in [3.05, 3.63) is 0 Å². The van der Waals surface area contributed by atoms with Gasteiger partial charge in [0.25, 0.3) is 0 Å². The Morgan fingerprint density at radius 2 is 0.270 bits per heavy atom. The summed E-state index contributed by atoms with van der Waals surface area (Å²) >= 11 is 0. The predicted octanol–water partition coefficient (Wildman–Crippen LogP) is 28.8. The Bertz CT molecular complexity index is 950. The van der Waals surface area contributed by atoms with Gasteiger partial charge in [-0.15, -0.1) is 0 Å². The number of hydrogen-bond donors (Lipinski definition) is 0. The molecule has 0 aliphatic heterocycles. The molecule has 0 rings (SSSR count). The fraction of sp³-hybridized carbons (Fsp3) is 1.00. The molecule has 0 bridgehead atoms. The second kappa shape index (κ2) is 65.5. The summed E-state index contributed by atoms with van der Waals surface area (Å²) in [5, 5.41) is 0. The summed E-state index contributed by atoms with van der Waals surface area (Å²) in [4.78, 5) is 0. The lowest BCUT2D eigenvalue weighted by molar-refractivity contribution is 0.0813. The standard InChI is InChI=1S/C74H150/c1-6-11-16-21-26-31-35-38-41-42-44-47-50-54-59-64-69-73(68-63-58-53-49-46-43-39-36-32-27-22-17-12-7-2)74(70-65-60-55-30-25-20-15-10-5,71-66-61-56-51-34-29-24-19-14-9-4)72-67-62-57-52-48-45-40-37-33-28-23-18-13-8-3/h73H,6-72H2,1-5H3. The van der Waals surface area contributed by atoms with Crippen LogP contribution in [-0.2, 0) is 0 Å². The van der Waals surface area contributed by atoms with E-state index in [-0.39, 0.29) is 0 Å². The van der Waals surface area contributed by atoms with Crippen LogP contribution in [0.2, 0.25) is 0 Å². The van der Waals surface area contributed by atoms with Gasteiger partial charge in [0.05, 0.1) is 0 Å². The zero-order valence-electron chi connectivity index (χ0n) is 53.5. The molecule has 0 aromatic carbocycles. The van der Waals surface area contributed by atoms with Crippen molar-refractivity contribution in [2.24, 2.45) is 11.3 Å². The van der Waals surface area contributed by atoms with Gasteiger partial charge in [0.15, 0.2) is 0 Å². The minimum Gasteiger partial charge on any atom is -0.0654 e. The summed E-state index contributed by atoms with van der Waals surface area (Å²) in [5.41, 5.74) is 0.617. The zero-order chi connectivity index (χ0) is 53.5. The molecule has 0 N–H and O–H groups in total. The van der Waals surface area contributed by atoms with Crippen LogP contribution < -0.4 is 0 Å². The molecule has 0 saturated carbocycles. The summed E-state index contributed by atoms with van der Waals surface area (Å²) < 4.78 is 0. The molecule has 0 heteroatoms. The molecule has 74 heavy (non-hydrogen) atoms. The maximum absolute atomic E-state index is 2.38.